The molecule has 0 spiro atoms. The van der Waals surface area contributed by atoms with Gasteiger partial charge in [0, 0.05) is 6.42 Å². The lowest BCUT2D eigenvalue weighted by atomic mass is 9.77. The molecule has 0 aliphatic carbocycles. The van der Waals surface area contributed by atoms with E-state index in [9.17, 15) is 49.1 Å². The second-order valence-corrected chi connectivity index (χ2v) is 6.48. The van der Waals surface area contributed by atoms with E-state index in [1.807, 2.05) is 0 Å². The molecule has 178 valence electrons. The molecule has 0 aromatic carbocycles. The summed E-state index contributed by atoms with van der Waals surface area (Å²) in [5, 5.41) is 0. The molecule has 0 saturated heterocycles. The van der Waals surface area contributed by atoms with Crippen molar-refractivity contribution in [3.8, 4) is 0 Å². The molecule has 0 saturated carbocycles. The fourth-order valence-corrected chi connectivity index (χ4v) is 2.57. The number of hydrogen-bond donors (Lipinski definition) is 0. The van der Waals surface area contributed by atoms with Gasteiger partial charge in [-0.2, -0.15) is 39.5 Å². The van der Waals surface area contributed by atoms with Gasteiger partial charge in [0.05, 0.1) is 13.2 Å². The number of carbonyl (C=O) groups is 2. The summed E-state index contributed by atoms with van der Waals surface area (Å²) in [5.41, 5.74) is -2.56. The highest BCUT2D eigenvalue weighted by Crippen LogP contribution is 2.55. The van der Waals surface area contributed by atoms with Crippen molar-refractivity contribution in [1.82, 2.24) is 0 Å². The average Bonchev–Trinajstić information content (AvgIpc) is 2.61. The molecule has 0 atom stereocenters. The second-order valence-electron chi connectivity index (χ2n) is 6.48. The maximum atomic E-state index is 13.9. The lowest BCUT2D eigenvalue weighted by Crippen LogP contribution is -2.61. The third kappa shape index (κ3) is 5.51. The van der Waals surface area contributed by atoms with Crippen molar-refractivity contribution >= 4 is 11.9 Å². The normalized spacial score (nSPS) is 13.9. The van der Waals surface area contributed by atoms with Gasteiger partial charge in [0.2, 0.25) is 0 Å². The molecule has 0 amide bonds. The number of rotatable bonds is 12. The molecular weight excluding hydrogens is 439 g/mol. The third-order valence-electron chi connectivity index (χ3n) is 4.36. The van der Waals surface area contributed by atoms with Gasteiger partial charge >= 0.3 is 35.9 Å². The number of carbonyl (C=O) groups excluding carboxylic acids is 2. The molecule has 0 aromatic heterocycles. The van der Waals surface area contributed by atoms with E-state index in [4.69, 9.17) is 0 Å². The number of halogens is 9. The molecule has 4 nitrogen and oxygen atoms in total. The van der Waals surface area contributed by atoms with Crippen LogP contribution in [0.2, 0.25) is 0 Å². The molecule has 13 heteroatoms. The second kappa shape index (κ2) is 10.1. The van der Waals surface area contributed by atoms with Gasteiger partial charge in [-0.3, -0.25) is 9.59 Å². The number of alkyl halides is 9. The molecule has 0 heterocycles. The van der Waals surface area contributed by atoms with E-state index in [1.54, 1.807) is 6.92 Å². The van der Waals surface area contributed by atoms with Crippen LogP contribution in [-0.4, -0.2) is 49.1 Å². The number of esters is 2. The highest BCUT2D eigenvalue weighted by molar-refractivity contribution is 6.00. The monoisotopic (exact) mass is 462 g/mol. The minimum absolute atomic E-state index is 0.0261. The van der Waals surface area contributed by atoms with Gasteiger partial charge in [0.1, 0.15) is 0 Å². The molecule has 0 unspecified atom stereocenters. The summed E-state index contributed by atoms with van der Waals surface area (Å²) in [6.07, 6.45) is -11.0. The van der Waals surface area contributed by atoms with Crippen molar-refractivity contribution in [1.29, 1.82) is 0 Å². The number of unbranched alkanes of at least 4 members (excludes halogenated alkanes) is 1. The highest BCUT2D eigenvalue weighted by atomic mass is 19.4. The van der Waals surface area contributed by atoms with E-state index in [1.165, 1.54) is 13.8 Å². The fraction of sp³-hybridized carbons (Fsp3) is 0.882. The van der Waals surface area contributed by atoms with Crippen LogP contribution in [-0.2, 0) is 19.1 Å². The molecule has 0 fully saturated rings. The summed E-state index contributed by atoms with van der Waals surface area (Å²) < 4.78 is 127. The zero-order chi connectivity index (χ0) is 24.0. The van der Waals surface area contributed by atoms with Gasteiger partial charge in [-0.1, -0.05) is 19.8 Å². The Morgan fingerprint density at radius 1 is 0.667 bits per heavy atom. The van der Waals surface area contributed by atoms with Crippen LogP contribution in [0.15, 0.2) is 0 Å². The Morgan fingerprint density at radius 2 is 1.10 bits per heavy atom. The SMILES string of the molecule is CCCCC(CCC(F)(F)C(F)(F)C(F)(F)C(F)(F)F)(C(=O)OCC)C(=O)OCC. The average molecular weight is 462 g/mol. The van der Waals surface area contributed by atoms with Crippen molar-refractivity contribution in [2.24, 2.45) is 5.41 Å². The van der Waals surface area contributed by atoms with Crippen LogP contribution in [0.25, 0.3) is 0 Å². The molecule has 0 rings (SSSR count). The largest absolute Gasteiger partial charge is 0.465 e. The van der Waals surface area contributed by atoms with E-state index >= 15 is 0 Å². The van der Waals surface area contributed by atoms with E-state index in [2.05, 4.69) is 9.47 Å². The van der Waals surface area contributed by atoms with Crippen LogP contribution >= 0.6 is 0 Å². The first-order valence-electron chi connectivity index (χ1n) is 9.03. The van der Waals surface area contributed by atoms with Crippen molar-refractivity contribution in [2.75, 3.05) is 13.2 Å². The smallest absolute Gasteiger partial charge is 0.460 e. The zero-order valence-corrected chi connectivity index (χ0v) is 16.5. The van der Waals surface area contributed by atoms with Gasteiger partial charge in [0.25, 0.3) is 0 Å². The molecular formula is C17H23F9O4. The summed E-state index contributed by atoms with van der Waals surface area (Å²) in [6.45, 7) is 3.48. The third-order valence-corrected chi connectivity index (χ3v) is 4.36. The summed E-state index contributed by atoms with van der Waals surface area (Å²) in [6, 6.07) is 0. The van der Waals surface area contributed by atoms with Crippen LogP contribution in [0, 0.1) is 5.41 Å². The van der Waals surface area contributed by atoms with E-state index in [0.717, 1.165) is 0 Å². The molecule has 0 N–H and O–H groups in total. The molecule has 0 bridgehead atoms. The van der Waals surface area contributed by atoms with E-state index in [-0.39, 0.29) is 19.6 Å². The number of hydrogen-bond acceptors (Lipinski definition) is 4. The Morgan fingerprint density at radius 3 is 1.43 bits per heavy atom. The van der Waals surface area contributed by atoms with Gasteiger partial charge < -0.3 is 9.47 Å². The predicted molar refractivity (Wildman–Crippen MR) is 85.4 cm³/mol. The van der Waals surface area contributed by atoms with Crippen molar-refractivity contribution < 1.29 is 58.6 Å². The highest BCUT2D eigenvalue weighted by Gasteiger charge is 2.81. The van der Waals surface area contributed by atoms with Gasteiger partial charge in [-0.05, 0) is 26.7 Å². The van der Waals surface area contributed by atoms with E-state index < -0.39 is 60.6 Å². The maximum absolute atomic E-state index is 13.9. The lowest BCUT2D eigenvalue weighted by molar-refractivity contribution is -0.397. The molecule has 0 aliphatic heterocycles. The van der Waals surface area contributed by atoms with Crippen LogP contribution < -0.4 is 0 Å². The first kappa shape index (κ1) is 28.3. The van der Waals surface area contributed by atoms with Crippen molar-refractivity contribution in [2.45, 2.75) is 76.8 Å². The van der Waals surface area contributed by atoms with Crippen LogP contribution in [0.3, 0.4) is 0 Å². The summed E-state index contributed by atoms with van der Waals surface area (Å²) in [5.74, 6) is -22.6. The molecule has 30 heavy (non-hydrogen) atoms. The Labute approximate surface area is 167 Å². The van der Waals surface area contributed by atoms with Gasteiger partial charge in [-0.25, -0.2) is 0 Å². The van der Waals surface area contributed by atoms with Crippen LogP contribution in [0.5, 0.6) is 0 Å². The van der Waals surface area contributed by atoms with E-state index in [0.29, 0.717) is 6.42 Å². The van der Waals surface area contributed by atoms with Crippen LogP contribution in [0.1, 0.15) is 52.9 Å². The summed E-state index contributed by atoms with van der Waals surface area (Å²) in [4.78, 5) is 24.7. The molecule has 0 radical (unpaired) electrons. The topological polar surface area (TPSA) is 52.6 Å². The Bertz CT molecular complexity index is 570. The number of ether oxygens (including phenoxy) is 2. The van der Waals surface area contributed by atoms with Crippen LogP contribution in [0.4, 0.5) is 39.5 Å². The first-order valence-corrected chi connectivity index (χ1v) is 9.03. The molecule has 0 aliphatic rings. The Balaban J connectivity index is 6.11. The zero-order valence-electron chi connectivity index (χ0n) is 16.5. The lowest BCUT2D eigenvalue weighted by Gasteiger charge is -2.36. The van der Waals surface area contributed by atoms with Crippen molar-refractivity contribution in [3.63, 3.8) is 0 Å². The quantitative estimate of drug-likeness (QED) is 0.217. The maximum Gasteiger partial charge on any atom is 0.460 e. The Kier molecular flexibility index (Phi) is 9.51. The predicted octanol–water partition coefficient (Wildman–Crippen LogP) is 5.54. The fourth-order valence-electron chi connectivity index (χ4n) is 2.57. The van der Waals surface area contributed by atoms with Gasteiger partial charge in [-0.15, -0.1) is 0 Å². The summed E-state index contributed by atoms with van der Waals surface area (Å²) in [7, 11) is 0. The van der Waals surface area contributed by atoms with Gasteiger partial charge in [0.15, 0.2) is 5.41 Å². The minimum Gasteiger partial charge on any atom is -0.465 e. The standard InChI is InChI=1S/C17H23F9O4/c1-4-7-8-13(11(27)29-5-2,12(28)30-6-3)9-10-14(18,19)15(20,21)16(22,23)17(24,25)26/h4-10H2,1-3H3. The molecule has 0 aromatic rings. The Hall–Kier alpha value is -1.69. The summed E-state index contributed by atoms with van der Waals surface area (Å²) >= 11 is 0. The van der Waals surface area contributed by atoms with Crippen molar-refractivity contribution in [3.05, 3.63) is 0 Å². The minimum atomic E-state index is -7.05. The first-order chi connectivity index (χ1) is 13.5.